The summed E-state index contributed by atoms with van der Waals surface area (Å²) >= 11 is 0. The van der Waals surface area contributed by atoms with Crippen molar-refractivity contribution in [1.29, 1.82) is 0 Å². The van der Waals surface area contributed by atoms with Crippen LogP contribution < -0.4 is 5.32 Å². The Morgan fingerprint density at radius 3 is 3.05 bits per heavy atom. The van der Waals surface area contributed by atoms with Crippen molar-refractivity contribution in [2.45, 2.75) is 52.0 Å². The van der Waals surface area contributed by atoms with Gasteiger partial charge in [-0.05, 0) is 37.5 Å². The second-order valence-corrected chi connectivity index (χ2v) is 6.49. The van der Waals surface area contributed by atoms with Crippen molar-refractivity contribution >= 4 is 0 Å². The van der Waals surface area contributed by atoms with Crippen LogP contribution in [0.25, 0.3) is 0 Å². The highest BCUT2D eigenvalue weighted by molar-refractivity contribution is 5.24. The Bertz CT molecular complexity index is 412. The molecule has 0 saturated carbocycles. The minimum Gasteiger partial charge on any atom is -0.396 e. The molecule has 1 aromatic rings. The van der Waals surface area contributed by atoms with Crippen molar-refractivity contribution in [2.24, 2.45) is 12.5 Å². The molecule has 0 amide bonds. The van der Waals surface area contributed by atoms with Crippen LogP contribution in [0.15, 0.2) is 6.20 Å². The Hall–Kier alpha value is -0.870. The first-order valence-corrected chi connectivity index (χ1v) is 7.38. The van der Waals surface area contributed by atoms with Gasteiger partial charge in [-0.3, -0.25) is 4.68 Å². The number of aliphatic hydroxyl groups is 1. The van der Waals surface area contributed by atoms with Gasteiger partial charge in [-0.25, -0.2) is 0 Å². The number of aliphatic hydroxyl groups excluding tert-OH is 1. The molecule has 0 spiro atoms. The van der Waals surface area contributed by atoms with Crippen molar-refractivity contribution in [2.75, 3.05) is 13.2 Å². The average molecular weight is 265 g/mol. The van der Waals surface area contributed by atoms with E-state index in [4.69, 9.17) is 5.11 Å². The van der Waals surface area contributed by atoms with E-state index in [2.05, 4.69) is 24.3 Å². The Balaban J connectivity index is 1.94. The highest BCUT2D eigenvalue weighted by Crippen LogP contribution is 2.30. The third-order valence-electron chi connectivity index (χ3n) is 4.21. The van der Waals surface area contributed by atoms with Crippen LogP contribution in [0.3, 0.4) is 0 Å². The van der Waals surface area contributed by atoms with E-state index in [-0.39, 0.29) is 5.41 Å². The fourth-order valence-electron chi connectivity index (χ4n) is 2.96. The summed E-state index contributed by atoms with van der Waals surface area (Å²) in [5.74, 6) is 0. The van der Waals surface area contributed by atoms with E-state index in [1.54, 1.807) is 0 Å². The number of rotatable bonds is 6. The molecule has 2 rings (SSSR count). The molecule has 1 aliphatic rings. The van der Waals surface area contributed by atoms with E-state index in [9.17, 15) is 0 Å². The molecule has 1 atom stereocenters. The van der Waals surface area contributed by atoms with E-state index in [1.807, 2.05) is 17.9 Å². The molecular weight excluding hydrogens is 238 g/mol. The molecule has 108 valence electrons. The van der Waals surface area contributed by atoms with E-state index in [0.29, 0.717) is 12.6 Å². The van der Waals surface area contributed by atoms with Crippen LogP contribution in [0.4, 0.5) is 0 Å². The summed E-state index contributed by atoms with van der Waals surface area (Å²) in [5.41, 5.74) is 3.01. The number of nitrogens with one attached hydrogen (secondary N) is 1. The minimum absolute atomic E-state index is 0.239. The van der Waals surface area contributed by atoms with Crippen LogP contribution in [-0.4, -0.2) is 28.0 Å². The van der Waals surface area contributed by atoms with E-state index < -0.39 is 0 Å². The lowest BCUT2D eigenvalue weighted by Gasteiger charge is -2.30. The van der Waals surface area contributed by atoms with Crippen molar-refractivity contribution in [3.63, 3.8) is 0 Å². The molecule has 4 heteroatoms. The van der Waals surface area contributed by atoms with Crippen molar-refractivity contribution in [3.8, 4) is 0 Å². The number of hydrogen-bond donors (Lipinski definition) is 2. The summed E-state index contributed by atoms with van der Waals surface area (Å²) in [4.78, 5) is 0. The average Bonchev–Trinajstić information content (AvgIpc) is 2.77. The first kappa shape index (κ1) is 14.5. The molecule has 0 aromatic carbocycles. The van der Waals surface area contributed by atoms with Gasteiger partial charge in [-0.1, -0.05) is 13.8 Å². The standard InChI is InChI=1S/C15H27N3O/c1-15(2,8-5-9-19)11-16-13-6-4-7-14-12(13)10-17-18(14)3/h10,13,16,19H,4-9,11H2,1-3H3. The van der Waals surface area contributed by atoms with E-state index in [1.165, 1.54) is 24.1 Å². The first-order chi connectivity index (χ1) is 9.03. The van der Waals surface area contributed by atoms with Crippen molar-refractivity contribution in [1.82, 2.24) is 15.1 Å². The van der Waals surface area contributed by atoms with E-state index in [0.717, 1.165) is 25.8 Å². The molecule has 1 aliphatic carbocycles. The molecule has 0 bridgehead atoms. The molecule has 1 aromatic heterocycles. The maximum Gasteiger partial charge on any atom is 0.0540 e. The Morgan fingerprint density at radius 1 is 1.53 bits per heavy atom. The lowest BCUT2D eigenvalue weighted by molar-refractivity contribution is 0.229. The number of hydrogen-bond acceptors (Lipinski definition) is 3. The lowest BCUT2D eigenvalue weighted by atomic mass is 9.86. The van der Waals surface area contributed by atoms with Crippen molar-refractivity contribution in [3.05, 3.63) is 17.5 Å². The third-order valence-corrected chi connectivity index (χ3v) is 4.21. The minimum atomic E-state index is 0.239. The monoisotopic (exact) mass is 265 g/mol. The van der Waals surface area contributed by atoms with Gasteiger partial charge in [0, 0.05) is 37.5 Å². The van der Waals surface area contributed by atoms with Gasteiger partial charge in [0.1, 0.15) is 0 Å². The van der Waals surface area contributed by atoms with Gasteiger partial charge in [-0.2, -0.15) is 5.10 Å². The van der Waals surface area contributed by atoms with Crippen molar-refractivity contribution < 1.29 is 5.11 Å². The van der Waals surface area contributed by atoms with Gasteiger partial charge in [0.15, 0.2) is 0 Å². The number of fused-ring (bicyclic) bond motifs is 1. The SMILES string of the molecule is Cn1ncc2c1CCCC2NCC(C)(C)CCCO. The zero-order chi connectivity index (χ0) is 13.9. The number of aromatic nitrogens is 2. The zero-order valence-electron chi connectivity index (χ0n) is 12.4. The quantitative estimate of drug-likeness (QED) is 0.829. The van der Waals surface area contributed by atoms with E-state index >= 15 is 0 Å². The summed E-state index contributed by atoms with van der Waals surface area (Å²) in [6.07, 6.45) is 7.56. The molecule has 0 fully saturated rings. The molecular formula is C15H27N3O. The summed E-state index contributed by atoms with van der Waals surface area (Å²) < 4.78 is 2.01. The lowest BCUT2D eigenvalue weighted by Crippen LogP contribution is -2.34. The predicted octanol–water partition coefficient (Wildman–Crippen LogP) is 2.19. The van der Waals surface area contributed by atoms with Gasteiger partial charge in [0.25, 0.3) is 0 Å². The molecule has 0 aliphatic heterocycles. The fourth-order valence-corrected chi connectivity index (χ4v) is 2.96. The molecule has 0 saturated heterocycles. The fraction of sp³-hybridized carbons (Fsp3) is 0.800. The van der Waals surface area contributed by atoms with Gasteiger partial charge in [0.2, 0.25) is 0 Å². The van der Waals surface area contributed by atoms with Crippen LogP contribution in [0, 0.1) is 5.41 Å². The van der Waals surface area contributed by atoms with Crippen LogP contribution in [0.5, 0.6) is 0 Å². The second-order valence-electron chi connectivity index (χ2n) is 6.49. The molecule has 19 heavy (non-hydrogen) atoms. The molecule has 2 N–H and O–H groups in total. The Morgan fingerprint density at radius 2 is 2.32 bits per heavy atom. The normalized spacial score (nSPS) is 19.5. The maximum absolute atomic E-state index is 8.95. The van der Waals surface area contributed by atoms with Gasteiger partial charge >= 0.3 is 0 Å². The predicted molar refractivity (Wildman–Crippen MR) is 77.0 cm³/mol. The van der Waals surface area contributed by atoms with Crippen LogP contribution >= 0.6 is 0 Å². The summed E-state index contributed by atoms with van der Waals surface area (Å²) in [6.45, 7) is 5.82. The zero-order valence-corrected chi connectivity index (χ0v) is 12.4. The number of aryl methyl sites for hydroxylation is 1. The van der Waals surface area contributed by atoms with Gasteiger partial charge < -0.3 is 10.4 Å². The van der Waals surface area contributed by atoms with Crippen LogP contribution in [0.2, 0.25) is 0 Å². The smallest absolute Gasteiger partial charge is 0.0540 e. The van der Waals surface area contributed by atoms with Crippen LogP contribution in [-0.2, 0) is 13.5 Å². The Labute approximate surface area is 116 Å². The summed E-state index contributed by atoms with van der Waals surface area (Å²) in [7, 11) is 2.03. The van der Waals surface area contributed by atoms with Gasteiger partial charge in [-0.15, -0.1) is 0 Å². The largest absolute Gasteiger partial charge is 0.396 e. The molecule has 1 heterocycles. The first-order valence-electron chi connectivity index (χ1n) is 7.38. The third kappa shape index (κ3) is 3.57. The number of nitrogens with zero attached hydrogens (tertiary/aromatic N) is 2. The highest BCUT2D eigenvalue weighted by atomic mass is 16.2. The second kappa shape index (κ2) is 6.06. The maximum atomic E-state index is 8.95. The summed E-state index contributed by atoms with van der Waals surface area (Å²) in [6, 6.07) is 0.450. The Kier molecular flexibility index (Phi) is 4.63. The van der Waals surface area contributed by atoms with Crippen LogP contribution in [0.1, 0.15) is 56.8 Å². The highest BCUT2D eigenvalue weighted by Gasteiger charge is 2.25. The van der Waals surface area contributed by atoms with Gasteiger partial charge in [0.05, 0.1) is 6.20 Å². The topological polar surface area (TPSA) is 50.1 Å². The molecule has 4 nitrogen and oxygen atoms in total. The summed E-state index contributed by atoms with van der Waals surface area (Å²) in [5, 5.41) is 17.0. The molecule has 1 unspecified atom stereocenters. The molecule has 0 radical (unpaired) electrons.